The summed E-state index contributed by atoms with van der Waals surface area (Å²) in [6.45, 7) is 6.94. The summed E-state index contributed by atoms with van der Waals surface area (Å²) in [6, 6.07) is 5.27. The molecule has 0 aliphatic heterocycles. The second kappa shape index (κ2) is 8.49. The minimum absolute atomic E-state index is 0.136. The number of thioether (sulfide) groups is 1. The molecular weight excluding hydrogens is 280 g/mol. The van der Waals surface area contributed by atoms with Crippen LogP contribution in [0.3, 0.4) is 0 Å². The van der Waals surface area contributed by atoms with Crippen LogP contribution < -0.4 is 4.74 Å². The number of hydrogen-bond acceptors (Lipinski definition) is 3. The fourth-order valence-electron chi connectivity index (χ4n) is 1.54. The van der Waals surface area contributed by atoms with Crippen molar-refractivity contribution < 1.29 is 9.53 Å². The molecular formula is C15H21ClO2S. The van der Waals surface area contributed by atoms with Crippen LogP contribution in [0.2, 0.25) is 5.02 Å². The number of hydrogen-bond donors (Lipinski definition) is 0. The van der Waals surface area contributed by atoms with Crippen LogP contribution in [-0.4, -0.2) is 23.4 Å². The van der Waals surface area contributed by atoms with Crippen molar-refractivity contribution in [2.45, 2.75) is 38.9 Å². The van der Waals surface area contributed by atoms with Gasteiger partial charge in [-0.15, -0.1) is 0 Å². The molecule has 0 radical (unpaired) electrons. The quantitative estimate of drug-likeness (QED) is 0.642. The van der Waals surface area contributed by atoms with Gasteiger partial charge < -0.3 is 4.74 Å². The Hall–Kier alpha value is -0.670. The third kappa shape index (κ3) is 5.87. The molecule has 0 aromatic heterocycles. The predicted octanol–water partition coefficient (Wildman–Crippen LogP) is 4.84. The summed E-state index contributed by atoms with van der Waals surface area (Å²) >= 11 is 7.91. The Bertz CT molecular complexity index is 419. The Labute approximate surface area is 124 Å². The molecule has 1 rings (SSSR count). The molecule has 2 nitrogen and oxygen atoms in total. The fraction of sp³-hybridized carbons (Fsp3) is 0.533. The average Bonchev–Trinajstić information content (AvgIpc) is 2.36. The van der Waals surface area contributed by atoms with Crippen LogP contribution in [0.25, 0.3) is 0 Å². The zero-order chi connectivity index (χ0) is 14.3. The summed E-state index contributed by atoms with van der Waals surface area (Å²) in [7, 11) is 0. The van der Waals surface area contributed by atoms with Crippen LogP contribution in [0, 0.1) is 0 Å². The molecule has 0 saturated heterocycles. The van der Waals surface area contributed by atoms with E-state index >= 15 is 0 Å². The maximum absolute atomic E-state index is 12.0. The highest BCUT2D eigenvalue weighted by molar-refractivity contribution is 7.99. The van der Waals surface area contributed by atoms with Gasteiger partial charge in [-0.3, -0.25) is 4.79 Å². The van der Waals surface area contributed by atoms with Crippen LogP contribution in [0.15, 0.2) is 18.2 Å². The molecule has 19 heavy (non-hydrogen) atoms. The molecule has 4 heteroatoms. The molecule has 0 amide bonds. The summed E-state index contributed by atoms with van der Waals surface area (Å²) in [6.07, 6.45) is 1.48. The van der Waals surface area contributed by atoms with E-state index in [1.54, 1.807) is 30.0 Å². The van der Waals surface area contributed by atoms with Crippen LogP contribution in [0.1, 0.15) is 44.0 Å². The van der Waals surface area contributed by atoms with E-state index in [0.29, 0.717) is 34.6 Å². The van der Waals surface area contributed by atoms with Gasteiger partial charge in [-0.05, 0) is 29.9 Å². The zero-order valence-corrected chi connectivity index (χ0v) is 13.3. The van der Waals surface area contributed by atoms with E-state index in [9.17, 15) is 4.79 Å². The Morgan fingerprint density at radius 3 is 2.74 bits per heavy atom. The first-order valence-corrected chi connectivity index (χ1v) is 8.04. The van der Waals surface area contributed by atoms with Gasteiger partial charge in [0.2, 0.25) is 0 Å². The van der Waals surface area contributed by atoms with E-state index < -0.39 is 0 Å². The molecule has 0 fully saturated rings. The van der Waals surface area contributed by atoms with Gasteiger partial charge >= 0.3 is 0 Å². The molecule has 0 spiro atoms. The number of halogens is 1. The average molecular weight is 301 g/mol. The maximum Gasteiger partial charge on any atom is 0.163 e. The van der Waals surface area contributed by atoms with Crippen molar-refractivity contribution in [1.82, 2.24) is 0 Å². The van der Waals surface area contributed by atoms with Gasteiger partial charge in [0.1, 0.15) is 5.75 Å². The van der Waals surface area contributed by atoms with Crippen LogP contribution in [0.5, 0.6) is 5.75 Å². The number of ether oxygens (including phenoxy) is 1. The maximum atomic E-state index is 12.0. The molecule has 1 aromatic rings. The van der Waals surface area contributed by atoms with E-state index in [-0.39, 0.29) is 5.78 Å². The van der Waals surface area contributed by atoms with Gasteiger partial charge in [-0.1, -0.05) is 32.4 Å². The Morgan fingerprint density at radius 1 is 1.42 bits per heavy atom. The first kappa shape index (κ1) is 16.4. The Balaban J connectivity index is 2.59. The Kier molecular flexibility index (Phi) is 7.32. The van der Waals surface area contributed by atoms with Crippen LogP contribution >= 0.6 is 23.4 Å². The SMILES string of the molecule is CCCOc1ccc(C(=O)CCSC(C)C)cc1Cl. The van der Waals surface area contributed by atoms with Gasteiger partial charge in [0.15, 0.2) is 5.78 Å². The predicted molar refractivity (Wildman–Crippen MR) is 83.8 cm³/mol. The van der Waals surface area contributed by atoms with E-state index in [1.165, 1.54) is 0 Å². The van der Waals surface area contributed by atoms with Crippen LogP contribution in [0.4, 0.5) is 0 Å². The molecule has 0 bridgehead atoms. The van der Waals surface area contributed by atoms with Crippen molar-refractivity contribution >= 4 is 29.1 Å². The van der Waals surface area contributed by atoms with Crippen molar-refractivity contribution in [2.75, 3.05) is 12.4 Å². The fourth-order valence-corrected chi connectivity index (χ4v) is 2.54. The summed E-state index contributed by atoms with van der Waals surface area (Å²) in [5.74, 6) is 1.64. The van der Waals surface area contributed by atoms with Crippen LogP contribution in [-0.2, 0) is 0 Å². The number of rotatable bonds is 8. The molecule has 0 heterocycles. The smallest absolute Gasteiger partial charge is 0.163 e. The number of ketones is 1. The lowest BCUT2D eigenvalue weighted by Gasteiger charge is -2.08. The highest BCUT2D eigenvalue weighted by Gasteiger charge is 2.10. The highest BCUT2D eigenvalue weighted by Crippen LogP contribution is 2.26. The number of carbonyl (C=O) groups is 1. The molecule has 0 aliphatic rings. The monoisotopic (exact) mass is 300 g/mol. The van der Waals surface area contributed by atoms with E-state index in [0.717, 1.165) is 12.2 Å². The van der Waals surface area contributed by atoms with Crippen molar-refractivity contribution in [3.63, 3.8) is 0 Å². The van der Waals surface area contributed by atoms with Crippen molar-refractivity contribution in [3.05, 3.63) is 28.8 Å². The third-order valence-electron chi connectivity index (χ3n) is 2.50. The van der Waals surface area contributed by atoms with Gasteiger partial charge in [0, 0.05) is 17.7 Å². The minimum Gasteiger partial charge on any atom is -0.492 e. The second-order valence-electron chi connectivity index (χ2n) is 4.59. The second-order valence-corrected chi connectivity index (χ2v) is 6.68. The lowest BCUT2D eigenvalue weighted by Crippen LogP contribution is -2.03. The zero-order valence-electron chi connectivity index (χ0n) is 11.7. The first-order chi connectivity index (χ1) is 9.04. The minimum atomic E-state index is 0.136. The number of carbonyl (C=O) groups excluding carboxylic acids is 1. The van der Waals surface area contributed by atoms with Crippen molar-refractivity contribution in [1.29, 1.82) is 0 Å². The van der Waals surface area contributed by atoms with E-state index in [1.807, 2.05) is 6.92 Å². The Morgan fingerprint density at radius 2 is 2.16 bits per heavy atom. The summed E-state index contributed by atoms with van der Waals surface area (Å²) in [4.78, 5) is 12.0. The van der Waals surface area contributed by atoms with E-state index in [4.69, 9.17) is 16.3 Å². The third-order valence-corrected chi connectivity index (χ3v) is 3.90. The van der Waals surface area contributed by atoms with Crippen molar-refractivity contribution in [2.24, 2.45) is 0 Å². The summed E-state index contributed by atoms with van der Waals surface area (Å²) in [5.41, 5.74) is 0.665. The molecule has 0 saturated carbocycles. The highest BCUT2D eigenvalue weighted by atomic mass is 35.5. The standard InChI is InChI=1S/C15H21ClO2S/c1-4-8-18-15-6-5-12(10-13(15)16)14(17)7-9-19-11(2)3/h5-6,10-11H,4,7-9H2,1-3H3. The topological polar surface area (TPSA) is 26.3 Å². The van der Waals surface area contributed by atoms with Gasteiger partial charge in [-0.25, -0.2) is 0 Å². The molecule has 0 N–H and O–H groups in total. The largest absolute Gasteiger partial charge is 0.492 e. The molecule has 1 aromatic carbocycles. The van der Waals surface area contributed by atoms with Gasteiger partial charge in [-0.2, -0.15) is 11.8 Å². The normalized spacial score (nSPS) is 10.8. The van der Waals surface area contributed by atoms with E-state index in [2.05, 4.69) is 13.8 Å². The molecule has 0 unspecified atom stereocenters. The molecule has 0 atom stereocenters. The number of Topliss-reactive ketones (excluding diaryl/α,β-unsaturated/α-hetero) is 1. The van der Waals surface area contributed by atoms with Gasteiger partial charge in [0.05, 0.1) is 11.6 Å². The lowest BCUT2D eigenvalue weighted by atomic mass is 10.1. The first-order valence-electron chi connectivity index (χ1n) is 6.61. The van der Waals surface area contributed by atoms with Gasteiger partial charge in [0.25, 0.3) is 0 Å². The number of benzene rings is 1. The summed E-state index contributed by atoms with van der Waals surface area (Å²) < 4.78 is 5.49. The van der Waals surface area contributed by atoms with Crippen molar-refractivity contribution in [3.8, 4) is 5.75 Å². The summed E-state index contributed by atoms with van der Waals surface area (Å²) in [5, 5.41) is 1.07. The molecule has 0 aliphatic carbocycles. The lowest BCUT2D eigenvalue weighted by molar-refractivity contribution is 0.0989. The molecule has 106 valence electrons.